The predicted molar refractivity (Wildman–Crippen MR) is 167 cm³/mol. The normalized spacial score (nSPS) is 17.2. The zero-order chi connectivity index (χ0) is 32.5. The summed E-state index contributed by atoms with van der Waals surface area (Å²) in [6, 6.07) is 16.2. The summed E-state index contributed by atoms with van der Waals surface area (Å²) in [5, 5.41) is 23.9. The molecule has 0 saturated carbocycles. The van der Waals surface area contributed by atoms with Gasteiger partial charge < -0.3 is 30.5 Å². The number of nitrogens with one attached hydrogen (secondary N) is 2. The summed E-state index contributed by atoms with van der Waals surface area (Å²) in [5.74, 6) is -2.77. The highest BCUT2D eigenvalue weighted by atomic mass is 32.2. The molecule has 0 bridgehead atoms. The van der Waals surface area contributed by atoms with Crippen molar-refractivity contribution < 1.29 is 42.9 Å². The number of thioether (sulfide) groups is 2. The molecule has 0 radical (unpaired) electrons. The molecule has 1 unspecified atom stereocenters. The second-order valence-corrected chi connectivity index (χ2v) is 12.1. The number of aliphatic hydroxyl groups is 1. The summed E-state index contributed by atoms with van der Waals surface area (Å²) in [4.78, 5) is 50.2. The van der Waals surface area contributed by atoms with Crippen molar-refractivity contribution in [3.8, 4) is 5.75 Å². The Bertz CT molecular complexity index is 1490. The van der Waals surface area contributed by atoms with Gasteiger partial charge in [0, 0.05) is 17.2 Å². The van der Waals surface area contributed by atoms with Crippen molar-refractivity contribution in [2.24, 2.45) is 0 Å². The number of aliphatic carboxylic acids is 1. The molecule has 3 aromatic rings. The Morgan fingerprint density at radius 2 is 1.56 bits per heavy atom. The Labute approximate surface area is 266 Å². The van der Waals surface area contributed by atoms with E-state index in [1.54, 1.807) is 35.4 Å². The van der Waals surface area contributed by atoms with Crippen LogP contribution in [0.4, 0.5) is 14.5 Å². The van der Waals surface area contributed by atoms with E-state index in [1.807, 2.05) is 0 Å². The lowest BCUT2D eigenvalue weighted by molar-refractivity contribution is -0.141. The number of carbonyl (C=O) groups is 4. The van der Waals surface area contributed by atoms with E-state index in [0.29, 0.717) is 17.0 Å². The van der Waals surface area contributed by atoms with E-state index < -0.39 is 66.0 Å². The highest BCUT2D eigenvalue weighted by Gasteiger charge is 2.49. The lowest BCUT2D eigenvalue weighted by Crippen LogP contribution is -2.57. The first-order chi connectivity index (χ1) is 21.6. The minimum absolute atomic E-state index is 0.179. The third-order valence-corrected chi connectivity index (χ3v) is 8.84. The zero-order valence-corrected chi connectivity index (χ0v) is 25.7. The van der Waals surface area contributed by atoms with Crippen LogP contribution in [-0.4, -0.2) is 76.1 Å². The van der Waals surface area contributed by atoms with Crippen LogP contribution in [0.25, 0.3) is 0 Å². The van der Waals surface area contributed by atoms with Crippen molar-refractivity contribution in [1.82, 2.24) is 10.6 Å². The predicted octanol–water partition coefficient (Wildman–Crippen LogP) is 3.32. The monoisotopic (exact) mass is 659 g/mol. The molecule has 10 nitrogen and oxygen atoms in total. The number of amides is 3. The number of rotatable bonds is 15. The summed E-state index contributed by atoms with van der Waals surface area (Å²) in [5.41, 5.74) is 1.76. The van der Waals surface area contributed by atoms with Gasteiger partial charge in [-0.15, -0.1) is 11.8 Å². The van der Waals surface area contributed by atoms with Gasteiger partial charge in [-0.05, 0) is 65.9 Å². The van der Waals surface area contributed by atoms with Crippen molar-refractivity contribution >= 4 is 52.9 Å². The molecule has 0 aromatic heterocycles. The quantitative estimate of drug-likeness (QED) is 0.181. The van der Waals surface area contributed by atoms with Gasteiger partial charge in [0.15, 0.2) is 6.61 Å². The summed E-state index contributed by atoms with van der Waals surface area (Å²) < 4.78 is 32.4. The topological polar surface area (TPSA) is 145 Å². The van der Waals surface area contributed by atoms with E-state index in [0.717, 1.165) is 5.56 Å². The largest absolute Gasteiger partial charge is 0.484 e. The standard InChI is InChI=1S/C31H31F2N3O7S2/c1-44-16-24(31(41)42)35-26(38)14-34-27(39)15-43-23-12-4-19(5-13-23)28-29(30(40)36(28)22-10-8-21(33)9-11-22)45-17-25(37)18-2-6-20(32)7-3-18/h2-13,24-25,28-29,37H,14-17H2,1H3,(H,34,39)(H,35,38)(H,41,42)/t24-,25?,28+,29+/m0/s1. The fraction of sp³-hybridized carbons (Fsp3) is 0.290. The van der Waals surface area contributed by atoms with E-state index >= 15 is 0 Å². The third-order valence-electron chi connectivity index (χ3n) is 6.84. The van der Waals surface area contributed by atoms with E-state index in [1.165, 1.54) is 72.1 Å². The van der Waals surface area contributed by atoms with Crippen molar-refractivity contribution in [1.29, 1.82) is 0 Å². The van der Waals surface area contributed by atoms with Crippen LogP contribution in [0.3, 0.4) is 0 Å². The first-order valence-corrected chi connectivity index (χ1v) is 16.2. The number of carbonyl (C=O) groups excluding carboxylic acids is 3. The highest BCUT2D eigenvalue weighted by Crippen LogP contribution is 2.46. The fourth-order valence-electron chi connectivity index (χ4n) is 4.54. The van der Waals surface area contributed by atoms with Gasteiger partial charge in [0.25, 0.3) is 5.91 Å². The lowest BCUT2D eigenvalue weighted by Gasteiger charge is -2.47. The number of aliphatic hydroxyl groups excluding tert-OH is 1. The Kier molecular flexibility index (Phi) is 11.8. The number of hydrogen-bond donors (Lipinski definition) is 4. The van der Waals surface area contributed by atoms with Gasteiger partial charge in [0.1, 0.15) is 28.7 Å². The van der Waals surface area contributed by atoms with Crippen molar-refractivity contribution in [2.75, 3.05) is 35.8 Å². The second-order valence-electron chi connectivity index (χ2n) is 10.00. The van der Waals surface area contributed by atoms with Gasteiger partial charge in [0.05, 0.1) is 18.7 Å². The van der Waals surface area contributed by atoms with Crippen molar-refractivity contribution in [3.05, 3.63) is 95.6 Å². The summed E-state index contributed by atoms with van der Waals surface area (Å²) in [7, 11) is 0. The SMILES string of the molecule is CSC[C@H](NC(=O)CNC(=O)COc1ccc([C@@H]2[C@@H](SCC(O)c3ccc(F)cc3)C(=O)N2c2ccc(F)cc2)cc1)C(=O)O. The molecule has 3 amide bonds. The molecule has 0 spiro atoms. The molecule has 0 aliphatic carbocycles. The average Bonchev–Trinajstić information content (AvgIpc) is 3.02. The van der Waals surface area contributed by atoms with Crippen LogP contribution in [0.5, 0.6) is 5.75 Å². The molecule has 45 heavy (non-hydrogen) atoms. The molecule has 1 fully saturated rings. The number of β-lactam (4-membered cyclic amide) rings is 1. The molecule has 3 aromatic carbocycles. The molecule has 14 heteroatoms. The van der Waals surface area contributed by atoms with E-state index in [-0.39, 0.29) is 17.4 Å². The van der Waals surface area contributed by atoms with Gasteiger partial charge in [0.2, 0.25) is 11.8 Å². The van der Waals surface area contributed by atoms with Crippen LogP contribution < -0.4 is 20.3 Å². The van der Waals surface area contributed by atoms with Crippen molar-refractivity contribution in [2.45, 2.75) is 23.4 Å². The van der Waals surface area contributed by atoms with Crippen LogP contribution in [-0.2, 0) is 19.2 Å². The molecule has 1 aliphatic heterocycles. The molecule has 1 saturated heterocycles. The molecule has 4 rings (SSSR count). The average molecular weight is 660 g/mol. The van der Waals surface area contributed by atoms with Gasteiger partial charge in [-0.3, -0.25) is 14.4 Å². The number of hydrogen-bond acceptors (Lipinski definition) is 8. The van der Waals surface area contributed by atoms with Gasteiger partial charge >= 0.3 is 5.97 Å². The first kappa shape index (κ1) is 33.7. The van der Waals surface area contributed by atoms with E-state index in [9.17, 15) is 33.1 Å². The second kappa shape index (κ2) is 15.7. The minimum Gasteiger partial charge on any atom is -0.484 e. The van der Waals surface area contributed by atoms with Gasteiger partial charge in [-0.2, -0.15) is 11.8 Å². The van der Waals surface area contributed by atoms with Gasteiger partial charge in [-0.25, -0.2) is 13.6 Å². The van der Waals surface area contributed by atoms with Crippen molar-refractivity contribution in [3.63, 3.8) is 0 Å². The first-order valence-electron chi connectivity index (χ1n) is 13.7. The number of ether oxygens (including phenoxy) is 1. The zero-order valence-electron chi connectivity index (χ0n) is 24.0. The fourth-order valence-corrected chi connectivity index (χ4v) is 6.40. The third kappa shape index (κ3) is 8.96. The number of carboxylic acid groups (broad SMARTS) is 1. The Morgan fingerprint density at radius 3 is 2.16 bits per heavy atom. The molecule has 1 aliphatic rings. The summed E-state index contributed by atoms with van der Waals surface area (Å²) in [6.45, 7) is -0.813. The highest BCUT2D eigenvalue weighted by molar-refractivity contribution is 8.00. The van der Waals surface area contributed by atoms with Crippen LogP contribution in [0, 0.1) is 11.6 Å². The van der Waals surface area contributed by atoms with Crippen LogP contribution in [0.2, 0.25) is 0 Å². The van der Waals surface area contributed by atoms with Gasteiger partial charge in [-0.1, -0.05) is 24.3 Å². The Morgan fingerprint density at radius 1 is 0.933 bits per heavy atom. The Hall–Kier alpha value is -4.14. The maximum atomic E-state index is 13.6. The minimum atomic E-state index is -1.17. The van der Waals surface area contributed by atoms with Crippen LogP contribution >= 0.6 is 23.5 Å². The summed E-state index contributed by atoms with van der Waals surface area (Å²) >= 11 is 2.52. The number of carboxylic acids is 1. The maximum absolute atomic E-state index is 13.6. The number of benzene rings is 3. The number of halogens is 2. The molecule has 4 N–H and O–H groups in total. The summed E-state index contributed by atoms with van der Waals surface area (Å²) in [6.07, 6.45) is 0.785. The number of nitrogens with zero attached hydrogens (tertiary/aromatic N) is 1. The Balaban J connectivity index is 1.37. The lowest BCUT2D eigenvalue weighted by atomic mass is 9.92. The molecule has 238 valence electrons. The molecular weight excluding hydrogens is 628 g/mol. The van der Waals surface area contributed by atoms with E-state index in [4.69, 9.17) is 9.84 Å². The number of anilines is 1. The van der Waals surface area contributed by atoms with Crippen LogP contribution in [0.15, 0.2) is 72.8 Å². The van der Waals surface area contributed by atoms with E-state index in [2.05, 4.69) is 10.6 Å². The molecule has 4 atom stereocenters. The smallest absolute Gasteiger partial charge is 0.327 e. The molecule has 1 heterocycles. The van der Waals surface area contributed by atoms with Crippen LogP contribution in [0.1, 0.15) is 23.3 Å². The molecular formula is C31H31F2N3O7S2. The maximum Gasteiger partial charge on any atom is 0.327 e.